The Labute approximate surface area is 123 Å². The van der Waals surface area contributed by atoms with Gasteiger partial charge in [0.25, 0.3) is 0 Å². The van der Waals surface area contributed by atoms with Crippen molar-refractivity contribution < 1.29 is 9.90 Å². The minimum atomic E-state index is -0.760. The molecule has 106 valence electrons. The molecule has 0 spiro atoms. The number of carboxylic acid groups (broad SMARTS) is 1. The van der Waals surface area contributed by atoms with Gasteiger partial charge in [-0.1, -0.05) is 17.7 Å². The second-order valence-corrected chi connectivity index (χ2v) is 6.29. The monoisotopic (exact) mass is 289 g/mol. The molecule has 0 radical (unpaired) electrons. The first-order chi connectivity index (χ1) is 9.54. The van der Waals surface area contributed by atoms with Gasteiger partial charge >= 0.3 is 5.97 Å². The number of nitrogens with zero attached hydrogens (tertiary/aromatic N) is 1. The zero-order chi connectivity index (χ0) is 14.5. The van der Waals surface area contributed by atoms with Crippen LogP contribution in [0.15, 0.2) is 36.4 Å². The number of aliphatic carboxylic acids is 1. The van der Waals surface area contributed by atoms with E-state index in [1.54, 1.807) is 11.3 Å². The lowest BCUT2D eigenvalue weighted by molar-refractivity contribution is -0.136. The molecule has 0 unspecified atom stereocenters. The van der Waals surface area contributed by atoms with E-state index in [0.717, 1.165) is 12.2 Å². The molecule has 0 saturated carbocycles. The van der Waals surface area contributed by atoms with Gasteiger partial charge < -0.3 is 10.0 Å². The fraction of sp³-hybridized carbons (Fsp3) is 0.312. The number of hydrogen-bond donors (Lipinski definition) is 1. The Morgan fingerprint density at radius 3 is 2.40 bits per heavy atom. The quantitative estimate of drug-likeness (QED) is 0.878. The van der Waals surface area contributed by atoms with Crippen molar-refractivity contribution in [3.05, 3.63) is 51.7 Å². The molecule has 2 aromatic rings. The van der Waals surface area contributed by atoms with Gasteiger partial charge in [-0.3, -0.25) is 4.79 Å². The van der Waals surface area contributed by atoms with E-state index in [0.29, 0.717) is 6.54 Å². The van der Waals surface area contributed by atoms with Gasteiger partial charge in [-0.15, -0.1) is 11.3 Å². The largest absolute Gasteiger partial charge is 0.481 e. The average molecular weight is 289 g/mol. The number of hydrogen-bond acceptors (Lipinski definition) is 3. The maximum absolute atomic E-state index is 10.8. The SMILES string of the molecule is Cc1ccc(N(CCC(=O)O)Cc2ccc(C)s2)cc1. The molecule has 20 heavy (non-hydrogen) atoms. The molecule has 0 aliphatic carbocycles. The Morgan fingerprint density at radius 2 is 1.85 bits per heavy atom. The average Bonchev–Trinajstić information content (AvgIpc) is 2.81. The van der Waals surface area contributed by atoms with Gasteiger partial charge in [-0.25, -0.2) is 0 Å². The van der Waals surface area contributed by atoms with Crippen molar-refractivity contribution in [1.29, 1.82) is 0 Å². The maximum atomic E-state index is 10.8. The van der Waals surface area contributed by atoms with Gasteiger partial charge in [0.1, 0.15) is 0 Å². The van der Waals surface area contributed by atoms with E-state index in [-0.39, 0.29) is 6.42 Å². The molecule has 4 heteroatoms. The Morgan fingerprint density at radius 1 is 1.15 bits per heavy atom. The first-order valence-electron chi connectivity index (χ1n) is 6.63. The summed E-state index contributed by atoms with van der Waals surface area (Å²) in [7, 11) is 0. The number of rotatable bonds is 6. The van der Waals surface area contributed by atoms with E-state index in [9.17, 15) is 4.79 Å². The Bertz CT molecular complexity index is 574. The lowest BCUT2D eigenvalue weighted by Gasteiger charge is -2.23. The Hall–Kier alpha value is -1.81. The standard InChI is InChI=1S/C16H19NO2S/c1-12-3-6-14(7-4-12)17(10-9-16(18)19)11-15-8-5-13(2)20-15/h3-8H,9-11H2,1-2H3,(H,18,19). The number of benzene rings is 1. The zero-order valence-corrected chi connectivity index (χ0v) is 12.6. The number of aryl methyl sites for hydroxylation is 2. The fourth-order valence-electron chi connectivity index (χ4n) is 2.04. The highest BCUT2D eigenvalue weighted by Crippen LogP contribution is 2.22. The summed E-state index contributed by atoms with van der Waals surface area (Å²) in [6.45, 7) is 5.42. The highest BCUT2D eigenvalue weighted by Gasteiger charge is 2.10. The summed E-state index contributed by atoms with van der Waals surface area (Å²) in [5.74, 6) is -0.760. The van der Waals surface area contributed by atoms with Crippen molar-refractivity contribution in [1.82, 2.24) is 0 Å². The van der Waals surface area contributed by atoms with Crippen LogP contribution >= 0.6 is 11.3 Å². The molecule has 0 amide bonds. The molecule has 0 aliphatic rings. The number of carboxylic acids is 1. The number of anilines is 1. The van der Waals surface area contributed by atoms with Crippen molar-refractivity contribution in [2.75, 3.05) is 11.4 Å². The Balaban J connectivity index is 2.15. The van der Waals surface area contributed by atoms with E-state index < -0.39 is 5.97 Å². The van der Waals surface area contributed by atoms with Crippen LogP contribution in [0, 0.1) is 13.8 Å². The lowest BCUT2D eigenvalue weighted by Crippen LogP contribution is -2.25. The summed E-state index contributed by atoms with van der Waals surface area (Å²) in [4.78, 5) is 15.5. The van der Waals surface area contributed by atoms with Crippen LogP contribution in [0.3, 0.4) is 0 Å². The third-order valence-electron chi connectivity index (χ3n) is 3.14. The first-order valence-corrected chi connectivity index (χ1v) is 7.45. The highest BCUT2D eigenvalue weighted by molar-refractivity contribution is 7.11. The van der Waals surface area contributed by atoms with Crippen LogP contribution in [-0.4, -0.2) is 17.6 Å². The molecule has 3 nitrogen and oxygen atoms in total. The second kappa shape index (κ2) is 6.57. The Kier molecular flexibility index (Phi) is 4.79. The van der Waals surface area contributed by atoms with Crippen molar-refractivity contribution in [3.8, 4) is 0 Å². The van der Waals surface area contributed by atoms with E-state index in [4.69, 9.17) is 5.11 Å². The topological polar surface area (TPSA) is 40.5 Å². The van der Waals surface area contributed by atoms with Crippen LogP contribution < -0.4 is 4.90 Å². The van der Waals surface area contributed by atoms with Gasteiger partial charge in [0.05, 0.1) is 13.0 Å². The fourth-order valence-corrected chi connectivity index (χ4v) is 2.95. The van der Waals surface area contributed by atoms with E-state index in [1.807, 2.05) is 6.92 Å². The molecule has 0 bridgehead atoms. The van der Waals surface area contributed by atoms with Gasteiger partial charge in [0.15, 0.2) is 0 Å². The number of thiophene rings is 1. The van der Waals surface area contributed by atoms with Gasteiger partial charge in [-0.2, -0.15) is 0 Å². The van der Waals surface area contributed by atoms with Crippen molar-refractivity contribution in [3.63, 3.8) is 0 Å². The van der Waals surface area contributed by atoms with Crippen molar-refractivity contribution in [2.24, 2.45) is 0 Å². The summed E-state index contributed by atoms with van der Waals surface area (Å²) in [6.07, 6.45) is 0.151. The predicted octanol–water partition coefficient (Wildman–Crippen LogP) is 3.85. The molecular weight excluding hydrogens is 270 g/mol. The lowest BCUT2D eigenvalue weighted by atomic mass is 10.2. The van der Waals surface area contributed by atoms with Crippen molar-refractivity contribution in [2.45, 2.75) is 26.8 Å². The smallest absolute Gasteiger partial charge is 0.305 e. The maximum Gasteiger partial charge on any atom is 0.305 e. The van der Waals surface area contributed by atoms with E-state index in [2.05, 4.69) is 48.2 Å². The van der Waals surface area contributed by atoms with Crippen LogP contribution in [0.25, 0.3) is 0 Å². The third kappa shape index (κ3) is 4.10. The highest BCUT2D eigenvalue weighted by atomic mass is 32.1. The predicted molar refractivity (Wildman–Crippen MR) is 83.5 cm³/mol. The molecule has 1 N–H and O–H groups in total. The molecule has 1 aromatic carbocycles. The zero-order valence-electron chi connectivity index (χ0n) is 11.8. The molecular formula is C16H19NO2S. The van der Waals surface area contributed by atoms with Crippen LogP contribution in [-0.2, 0) is 11.3 Å². The van der Waals surface area contributed by atoms with E-state index >= 15 is 0 Å². The van der Waals surface area contributed by atoms with Crippen LogP contribution in [0.5, 0.6) is 0 Å². The van der Waals surface area contributed by atoms with Gasteiger partial charge in [0, 0.05) is 22.0 Å². The number of carbonyl (C=O) groups is 1. The summed E-state index contributed by atoms with van der Waals surface area (Å²) in [6, 6.07) is 12.4. The summed E-state index contributed by atoms with van der Waals surface area (Å²) in [5.41, 5.74) is 2.28. The third-order valence-corrected chi connectivity index (χ3v) is 4.12. The second-order valence-electron chi connectivity index (χ2n) is 4.91. The normalized spacial score (nSPS) is 10.5. The minimum Gasteiger partial charge on any atom is -0.481 e. The molecule has 2 rings (SSSR count). The first kappa shape index (κ1) is 14.6. The molecule has 0 saturated heterocycles. The van der Waals surface area contributed by atoms with Crippen LogP contribution in [0.4, 0.5) is 5.69 Å². The summed E-state index contributed by atoms with van der Waals surface area (Å²) in [5, 5.41) is 8.90. The molecule has 1 aromatic heterocycles. The molecule has 0 fully saturated rings. The van der Waals surface area contributed by atoms with Gasteiger partial charge in [0.2, 0.25) is 0 Å². The van der Waals surface area contributed by atoms with Gasteiger partial charge in [-0.05, 0) is 38.1 Å². The van der Waals surface area contributed by atoms with Crippen molar-refractivity contribution >= 4 is 23.0 Å². The molecule has 1 heterocycles. The van der Waals surface area contributed by atoms with E-state index in [1.165, 1.54) is 15.3 Å². The van der Waals surface area contributed by atoms with Crippen LogP contribution in [0.1, 0.15) is 21.7 Å². The van der Waals surface area contributed by atoms with Crippen LogP contribution in [0.2, 0.25) is 0 Å². The summed E-state index contributed by atoms with van der Waals surface area (Å²) < 4.78 is 0. The summed E-state index contributed by atoms with van der Waals surface area (Å²) >= 11 is 1.76. The molecule has 0 aliphatic heterocycles. The molecule has 0 atom stereocenters. The minimum absolute atomic E-state index is 0.151.